The van der Waals surface area contributed by atoms with Gasteiger partial charge >= 0.3 is 0 Å². The van der Waals surface area contributed by atoms with Crippen LogP contribution in [0.4, 0.5) is 0 Å². The highest BCUT2D eigenvalue weighted by Gasteiger charge is 2.14. The molecule has 0 aliphatic rings. The van der Waals surface area contributed by atoms with Gasteiger partial charge in [0, 0.05) is 32.9 Å². The second-order valence-electron chi connectivity index (χ2n) is 4.73. The molecule has 21 heavy (non-hydrogen) atoms. The molecule has 0 heterocycles. The van der Waals surface area contributed by atoms with Crippen molar-refractivity contribution in [2.24, 2.45) is 0 Å². The van der Waals surface area contributed by atoms with E-state index in [2.05, 4.69) is 5.32 Å². The molecular weight excluding hydrogens is 270 g/mol. The molecule has 0 saturated heterocycles. The maximum atomic E-state index is 6.01. The van der Waals surface area contributed by atoms with Crippen LogP contribution in [0.1, 0.15) is 19.4 Å². The first-order chi connectivity index (χ1) is 10.2. The lowest BCUT2D eigenvalue weighted by atomic mass is 10.1. The Bertz CT molecular complexity index is 398. The molecule has 0 aliphatic carbocycles. The minimum atomic E-state index is -0.0330. The third kappa shape index (κ3) is 6.33. The Hall–Kier alpha value is -1.30. The van der Waals surface area contributed by atoms with Crippen LogP contribution >= 0.6 is 0 Å². The van der Waals surface area contributed by atoms with Crippen molar-refractivity contribution < 1.29 is 18.9 Å². The van der Waals surface area contributed by atoms with E-state index in [0.29, 0.717) is 26.4 Å². The fraction of sp³-hybridized carbons (Fsp3) is 0.625. The Labute approximate surface area is 127 Å². The lowest BCUT2D eigenvalue weighted by Gasteiger charge is -2.20. The molecule has 0 aliphatic heterocycles. The summed E-state index contributed by atoms with van der Waals surface area (Å²) in [6.07, 6.45) is -0.0330. The van der Waals surface area contributed by atoms with Gasteiger partial charge in [-0.3, -0.25) is 0 Å². The smallest absolute Gasteiger partial charge is 0.166 e. The van der Waals surface area contributed by atoms with E-state index in [1.807, 2.05) is 32.0 Å². The van der Waals surface area contributed by atoms with Crippen molar-refractivity contribution >= 4 is 0 Å². The van der Waals surface area contributed by atoms with Crippen LogP contribution in [0, 0.1) is 0 Å². The van der Waals surface area contributed by atoms with E-state index in [1.165, 1.54) is 0 Å². The Kier molecular flexibility index (Phi) is 8.82. The van der Waals surface area contributed by atoms with E-state index >= 15 is 0 Å². The Morgan fingerprint density at radius 3 is 2.67 bits per heavy atom. The van der Waals surface area contributed by atoms with Crippen molar-refractivity contribution in [3.63, 3.8) is 0 Å². The van der Waals surface area contributed by atoms with Gasteiger partial charge in [-0.25, -0.2) is 0 Å². The summed E-state index contributed by atoms with van der Waals surface area (Å²) < 4.78 is 21.8. The quantitative estimate of drug-likeness (QED) is 0.635. The summed E-state index contributed by atoms with van der Waals surface area (Å²) in [5.74, 6) is 1.56. The van der Waals surface area contributed by atoms with Gasteiger partial charge in [0.15, 0.2) is 11.5 Å². The molecule has 0 aromatic heterocycles. The fourth-order valence-corrected chi connectivity index (χ4v) is 1.97. The number of ether oxygens (including phenoxy) is 4. The third-order valence-electron chi connectivity index (χ3n) is 2.88. The molecule has 1 aromatic carbocycles. The zero-order valence-corrected chi connectivity index (χ0v) is 13.5. The van der Waals surface area contributed by atoms with Crippen LogP contribution in [-0.2, 0) is 16.0 Å². The highest BCUT2D eigenvalue weighted by molar-refractivity contribution is 5.46. The summed E-state index contributed by atoms with van der Waals surface area (Å²) in [7, 11) is 3.36. The molecule has 0 amide bonds. The first-order valence-electron chi connectivity index (χ1n) is 7.32. The van der Waals surface area contributed by atoms with Gasteiger partial charge < -0.3 is 24.3 Å². The number of rotatable bonds is 11. The van der Waals surface area contributed by atoms with Crippen LogP contribution < -0.4 is 14.8 Å². The first-order valence-corrected chi connectivity index (χ1v) is 7.32. The zero-order valence-electron chi connectivity index (χ0n) is 13.5. The summed E-state index contributed by atoms with van der Waals surface area (Å²) in [4.78, 5) is 0. The molecule has 1 N–H and O–H groups in total. The maximum absolute atomic E-state index is 6.01. The summed E-state index contributed by atoms with van der Waals surface area (Å²) in [5.41, 5.74) is 1.07. The lowest BCUT2D eigenvalue weighted by molar-refractivity contribution is 0.0886. The Balaban J connectivity index is 2.80. The summed E-state index contributed by atoms with van der Waals surface area (Å²) >= 11 is 0. The maximum Gasteiger partial charge on any atom is 0.166 e. The first kappa shape index (κ1) is 17.8. The van der Waals surface area contributed by atoms with Crippen molar-refractivity contribution in [1.29, 1.82) is 0 Å². The molecule has 1 atom stereocenters. The average Bonchev–Trinajstić information content (AvgIpc) is 2.47. The minimum Gasteiger partial charge on any atom is -0.490 e. The van der Waals surface area contributed by atoms with Gasteiger partial charge in [0.05, 0.1) is 19.8 Å². The molecular formula is C16H27NO4. The fourth-order valence-electron chi connectivity index (χ4n) is 1.97. The van der Waals surface area contributed by atoms with Crippen molar-refractivity contribution in [3.05, 3.63) is 23.8 Å². The number of hydrogen-bond donors (Lipinski definition) is 1. The SMILES string of the molecule is CCOc1cccc(CNCCOC)c1OC(C)COC. The number of benzene rings is 1. The van der Waals surface area contributed by atoms with E-state index in [0.717, 1.165) is 23.6 Å². The second-order valence-corrected chi connectivity index (χ2v) is 4.73. The number of para-hydroxylation sites is 1. The van der Waals surface area contributed by atoms with E-state index in [9.17, 15) is 0 Å². The zero-order chi connectivity index (χ0) is 15.5. The van der Waals surface area contributed by atoms with Gasteiger partial charge in [-0.15, -0.1) is 0 Å². The summed E-state index contributed by atoms with van der Waals surface area (Å²) in [6.45, 7) is 7.27. The molecule has 0 fully saturated rings. The summed E-state index contributed by atoms with van der Waals surface area (Å²) in [6, 6.07) is 5.94. The van der Waals surface area contributed by atoms with E-state index in [4.69, 9.17) is 18.9 Å². The largest absolute Gasteiger partial charge is 0.490 e. The van der Waals surface area contributed by atoms with Crippen LogP contribution in [0.3, 0.4) is 0 Å². The third-order valence-corrected chi connectivity index (χ3v) is 2.88. The van der Waals surface area contributed by atoms with Crippen LogP contribution in [0.2, 0.25) is 0 Å². The van der Waals surface area contributed by atoms with Gasteiger partial charge in [-0.2, -0.15) is 0 Å². The average molecular weight is 297 g/mol. The van der Waals surface area contributed by atoms with Crippen molar-refractivity contribution in [1.82, 2.24) is 5.32 Å². The van der Waals surface area contributed by atoms with Crippen LogP contribution in [0.15, 0.2) is 18.2 Å². The molecule has 0 saturated carbocycles. The Morgan fingerprint density at radius 2 is 2.00 bits per heavy atom. The van der Waals surface area contributed by atoms with Gasteiger partial charge in [0.2, 0.25) is 0 Å². The molecule has 1 aromatic rings. The van der Waals surface area contributed by atoms with Gasteiger partial charge in [0.1, 0.15) is 6.10 Å². The normalized spacial score (nSPS) is 12.2. The molecule has 0 spiro atoms. The second kappa shape index (κ2) is 10.4. The number of methoxy groups -OCH3 is 2. The molecule has 1 rings (SSSR count). The molecule has 120 valence electrons. The van der Waals surface area contributed by atoms with E-state index in [1.54, 1.807) is 14.2 Å². The predicted molar refractivity (Wildman–Crippen MR) is 83.2 cm³/mol. The van der Waals surface area contributed by atoms with Crippen LogP contribution in [-0.4, -0.2) is 46.7 Å². The van der Waals surface area contributed by atoms with Gasteiger partial charge in [-0.1, -0.05) is 12.1 Å². The molecule has 0 radical (unpaired) electrons. The predicted octanol–water partition coefficient (Wildman–Crippen LogP) is 2.24. The lowest BCUT2D eigenvalue weighted by Crippen LogP contribution is -2.22. The highest BCUT2D eigenvalue weighted by Crippen LogP contribution is 2.32. The monoisotopic (exact) mass is 297 g/mol. The van der Waals surface area contributed by atoms with Gasteiger partial charge in [-0.05, 0) is 19.9 Å². The molecule has 1 unspecified atom stereocenters. The van der Waals surface area contributed by atoms with Crippen LogP contribution in [0.25, 0.3) is 0 Å². The standard InChI is InChI=1S/C16H27NO4/c1-5-20-15-8-6-7-14(11-17-9-10-18-3)16(15)21-13(2)12-19-4/h6-8,13,17H,5,9-12H2,1-4H3. The van der Waals surface area contributed by atoms with Crippen molar-refractivity contribution in [3.8, 4) is 11.5 Å². The minimum absolute atomic E-state index is 0.0330. The van der Waals surface area contributed by atoms with Crippen LogP contribution in [0.5, 0.6) is 11.5 Å². The van der Waals surface area contributed by atoms with Crippen molar-refractivity contribution in [2.75, 3.05) is 40.6 Å². The molecule has 5 nitrogen and oxygen atoms in total. The molecule has 5 heteroatoms. The Morgan fingerprint density at radius 1 is 1.19 bits per heavy atom. The van der Waals surface area contributed by atoms with E-state index in [-0.39, 0.29) is 6.10 Å². The topological polar surface area (TPSA) is 49.0 Å². The molecule has 0 bridgehead atoms. The summed E-state index contributed by atoms with van der Waals surface area (Å²) in [5, 5.41) is 3.33. The van der Waals surface area contributed by atoms with Gasteiger partial charge in [0.25, 0.3) is 0 Å². The van der Waals surface area contributed by atoms with E-state index < -0.39 is 0 Å². The number of nitrogens with one attached hydrogen (secondary N) is 1. The van der Waals surface area contributed by atoms with Crippen molar-refractivity contribution in [2.45, 2.75) is 26.5 Å². The number of hydrogen-bond acceptors (Lipinski definition) is 5. The highest BCUT2D eigenvalue weighted by atomic mass is 16.5.